The van der Waals surface area contributed by atoms with E-state index in [9.17, 15) is 4.79 Å². The highest BCUT2D eigenvalue weighted by Gasteiger charge is 2.28. The van der Waals surface area contributed by atoms with Crippen LogP contribution in [0.1, 0.15) is 60.3 Å². The molecule has 1 N–H and O–H groups in total. The van der Waals surface area contributed by atoms with Gasteiger partial charge >= 0.3 is 0 Å². The Morgan fingerprint density at radius 2 is 2.00 bits per heavy atom. The molecule has 112 valence electrons. The molecule has 0 aliphatic carbocycles. The minimum absolute atomic E-state index is 0.226. The van der Waals surface area contributed by atoms with Gasteiger partial charge in [-0.15, -0.1) is 0 Å². The number of carbonyl (C=O) groups excluding carboxylic acids is 1. The summed E-state index contributed by atoms with van der Waals surface area (Å²) < 4.78 is 0. The first-order chi connectivity index (χ1) is 8.81. The molecule has 1 aliphatic rings. The molecular formula is C16H32N2O. The Morgan fingerprint density at radius 1 is 1.32 bits per heavy atom. The number of piperidine rings is 1. The van der Waals surface area contributed by atoms with Crippen LogP contribution in [-0.2, 0) is 4.79 Å². The van der Waals surface area contributed by atoms with Crippen LogP contribution in [0, 0.1) is 11.3 Å². The van der Waals surface area contributed by atoms with Crippen molar-refractivity contribution in [3.8, 4) is 0 Å². The van der Waals surface area contributed by atoms with Crippen molar-refractivity contribution in [1.29, 1.82) is 0 Å². The molecule has 1 saturated heterocycles. The highest BCUT2D eigenvalue weighted by Crippen LogP contribution is 2.23. The monoisotopic (exact) mass is 268 g/mol. The summed E-state index contributed by atoms with van der Waals surface area (Å²) in [5.41, 5.74) is 0.303. The van der Waals surface area contributed by atoms with E-state index in [2.05, 4.69) is 33.0 Å². The predicted molar refractivity (Wildman–Crippen MR) is 81.1 cm³/mol. The predicted octanol–water partition coefficient (Wildman–Crippen LogP) is 3.05. The smallest absolute Gasteiger partial charge is 0.219 e. The zero-order valence-corrected chi connectivity index (χ0v) is 13.5. The summed E-state index contributed by atoms with van der Waals surface area (Å²) in [5, 5.41) is 3.66. The van der Waals surface area contributed by atoms with E-state index in [-0.39, 0.29) is 5.91 Å². The normalized spacial score (nSPS) is 24.6. The van der Waals surface area contributed by atoms with Gasteiger partial charge in [0, 0.05) is 32.6 Å². The minimum Gasteiger partial charge on any atom is -0.341 e. The Morgan fingerprint density at radius 3 is 2.53 bits per heavy atom. The molecule has 0 aromatic rings. The van der Waals surface area contributed by atoms with E-state index in [0.717, 1.165) is 19.6 Å². The van der Waals surface area contributed by atoms with Crippen LogP contribution in [0.2, 0.25) is 0 Å². The Labute approximate surface area is 119 Å². The summed E-state index contributed by atoms with van der Waals surface area (Å²) in [6.45, 7) is 13.5. The van der Waals surface area contributed by atoms with Crippen molar-refractivity contribution < 1.29 is 4.79 Å². The number of hydrogen-bond donors (Lipinski definition) is 1. The maximum absolute atomic E-state index is 11.7. The maximum Gasteiger partial charge on any atom is 0.219 e. The second-order valence-corrected chi connectivity index (χ2v) is 7.31. The van der Waals surface area contributed by atoms with E-state index >= 15 is 0 Å². The van der Waals surface area contributed by atoms with Crippen molar-refractivity contribution >= 4 is 5.91 Å². The van der Waals surface area contributed by atoms with Crippen LogP contribution in [0.25, 0.3) is 0 Å². The van der Waals surface area contributed by atoms with E-state index in [4.69, 9.17) is 0 Å². The fourth-order valence-corrected chi connectivity index (χ4v) is 2.76. The molecule has 2 atom stereocenters. The summed E-state index contributed by atoms with van der Waals surface area (Å²) >= 11 is 0. The molecule has 1 amide bonds. The van der Waals surface area contributed by atoms with Gasteiger partial charge in [-0.1, -0.05) is 40.5 Å². The molecule has 0 spiro atoms. The van der Waals surface area contributed by atoms with Crippen molar-refractivity contribution in [2.75, 3.05) is 19.6 Å². The van der Waals surface area contributed by atoms with Crippen LogP contribution in [0.3, 0.4) is 0 Å². The quantitative estimate of drug-likeness (QED) is 0.831. The third kappa shape index (κ3) is 6.42. The van der Waals surface area contributed by atoms with Crippen molar-refractivity contribution in [2.45, 2.75) is 66.3 Å². The molecule has 3 heteroatoms. The standard InChI is InChI=1S/C16H32N2O/c1-6-7-8-14-9-15(17-12-16(3,4)5)11-18(10-14)13(2)19/h14-15,17H,6-12H2,1-5H3. The lowest BCUT2D eigenvalue weighted by atomic mass is 9.89. The Kier molecular flexibility index (Phi) is 6.31. The van der Waals surface area contributed by atoms with Crippen LogP contribution < -0.4 is 5.32 Å². The molecule has 1 rings (SSSR count). The van der Waals surface area contributed by atoms with Gasteiger partial charge in [0.1, 0.15) is 0 Å². The second kappa shape index (κ2) is 7.28. The van der Waals surface area contributed by atoms with E-state index in [1.807, 2.05) is 4.90 Å². The lowest BCUT2D eigenvalue weighted by Crippen LogP contribution is -2.52. The number of amides is 1. The number of likely N-dealkylation sites (tertiary alicyclic amines) is 1. The fraction of sp³-hybridized carbons (Fsp3) is 0.938. The van der Waals surface area contributed by atoms with Gasteiger partial charge in [0.05, 0.1) is 0 Å². The number of hydrogen-bond acceptors (Lipinski definition) is 2. The molecule has 1 aliphatic heterocycles. The van der Waals surface area contributed by atoms with Crippen LogP contribution in [0.4, 0.5) is 0 Å². The molecule has 0 aromatic heterocycles. The summed E-state index contributed by atoms with van der Waals surface area (Å²) in [7, 11) is 0. The third-order valence-corrected chi connectivity index (χ3v) is 3.87. The Hall–Kier alpha value is -0.570. The van der Waals surface area contributed by atoms with E-state index in [0.29, 0.717) is 17.4 Å². The summed E-state index contributed by atoms with van der Waals surface area (Å²) in [5.74, 6) is 0.902. The molecule has 0 bridgehead atoms. The van der Waals surface area contributed by atoms with Crippen molar-refractivity contribution in [1.82, 2.24) is 10.2 Å². The van der Waals surface area contributed by atoms with E-state index in [1.54, 1.807) is 6.92 Å². The van der Waals surface area contributed by atoms with E-state index in [1.165, 1.54) is 25.7 Å². The highest BCUT2D eigenvalue weighted by atomic mass is 16.2. The SMILES string of the molecule is CCCCC1CC(NCC(C)(C)C)CN(C(C)=O)C1. The second-order valence-electron chi connectivity index (χ2n) is 7.31. The Balaban J connectivity index is 2.52. The first kappa shape index (κ1) is 16.5. The first-order valence-electron chi connectivity index (χ1n) is 7.80. The van der Waals surface area contributed by atoms with Gasteiger partial charge in [0.25, 0.3) is 0 Å². The van der Waals surface area contributed by atoms with Gasteiger partial charge in [-0.05, 0) is 24.2 Å². The summed E-state index contributed by atoms with van der Waals surface area (Å²) in [6, 6.07) is 0.471. The van der Waals surface area contributed by atoms with Crippen LogP contribution in [0.5, 0.6) is 0 Å². The lowest BCUT2D eigenvalue weighted by Gasteiger charge is -2.39. The first-order valence-corrected chi connectivity index (χ1v) is 7.80. The van der Waals surface area contributed by atoms with Crippen molar-refractivity contribution in [2.24, 2.45) is 11.3 Å². The van der Waals surface area contributed by atoms with Crippen molar-refractivity contribution in [3.63, 3.8) is 0 Å². The van der Waals surface area contributed by atoms with Crippen LogP contribution in [-0.4, -0.2) is 36.5 Å². The van der Waals surface area contributed by atoms with Crippen molar-refractivity contribution in [3.05, 3.63) is 0 Å². The van der Waals surface area contributed by atoms with E-state index < -0.39 is 0 Å². The zero-order valence-electron chi connectivity index (χ0n) is 13.5. The molecule has 1 heterocycles. The zero-order chi connectivity index (χ0) is 14.5. The largest absolute Gasteiger partial charge is 0.341 e. The molecule has 19 heavy (non-hydrogen) atoms. The van der Waals surface area contributed by atoms with Gasteiger partial charge in [-0.2, -0.15) is 0 Å². The van der Waals surface area contributed by atoms with Crippen LogP contribution >= 0.6 is 0 Å². The van der Waals surface area contributed by atoms with Gasteiger partial charge in [-0.3, -0.25) is 4.79 Å². The summed E-state index contributed by atoms with van der Waals surface area (Å²) in [6.07, 6.45) is 5.01. The van der Waals surface area contributed by atoms with Gasteiger partial charge in [0.15, 0.2) is 0 Å². The summed E-state index contributed by atoms with van der Waals surface area (Å²) in [4.78, 5) is 13.7. The lowest BCUT2D eigenvalue weighted by molar-refractivity contribution is -0.131. The third-order valence-electron chi connectivity index (χ3n) is 3.87. The number of nitrogens with zero attached hydrogens (tertiary/aromatic N) is 1. The molecule has 0 radical (unpaired) electrons. The molecule has 3 nitrogen and oxygen atoms in total. The van der Waals surface area contributed by atoms with Gasteiger partial charge in [-0.25, -0.2) is 0 Å². The number of nitrogens with one attached hydrogen (secondary N) is 1. The fourth-order valence-electron chi connectivity index (χ4n) is 2.76. The molecular weight excluding hydrogens is 236 g/mol. The number of unbranched alkanes of at least 4 members (excludes halogenated alkanes) is 1. The molecule has 0 saturated carbocycles. The molecule has 0 aromatic carbocycles. The minimum atomic E-state index is 0.226. The number of rotatable bonds is 5. The Bertz CT molecular complexity index is 283. The maximum atomic E-state index is 11.7. The average Bonchev–Trinajstić information content (AvgIpc) is 2.32. The van der Waals surface area contributed by atoms with Crippen LogP contribution in [0.15, 0.2) is 0 Å². The number of carbonyl (C=O) groups is 1. The van der Waals surface area contributed by atoms with Gasteiger partial charge in [0.2, 0.25) is 5.91 Å². The average molecular weight is 268 g/mol. The van der Waals surface area contributed by atoms with Gasteiger partial charge < -0.3 is 10.2 Å². The molecule has 2 unspecified atom stereocenters. The topological polar surface area (TPSA) is 32.3 Å². The molecule has 1 fully saturated rings. The highest BCUT2D eigenvalue weighted by molar-refractivity contribution is 5.73.